The van der Waals surface area contributed by atoms with Crippen LogP contribution in [0.1, 0.15) is 0 Å². The summed E-state index contributed by atoms with van der Waals surface area (Å²) in [5.74, 6) is 0. The van der Waals surface area contributed by atoms with Crippen LogP contribution in [0.3, 0.4) is 0 Å². The zero-order valence-corrected chi connectivity index (χ0v) is 31.8. The minimum atomic E-state index is 1.20. The van der Waals surface area contributed by atoms with E-state index in [4.69, 9.17) is 0 Å². The Kier molecular flexibility index (Phi) is 7.04. The maximum Gasteiger partial charge on any atom is 0.0538 e. The fourth-order valence-corrected chi connectivity index (χ4v) is 11.0. The van der Waals surface area contributed by atoms with E-state index >= 15 is 0 Å². The normalized spacial score (nSPS) is 11.9. The van der Waals surface area contributed by atoms with E-state index in [0.717, 1.165) is 0 Å². The monoisotopic (exact) mass is 745 g/mol. The van der Waals surface area contributed by atoms with E-state index in [1.807, 2.05) is 35.1 Å². The molecule has 0 amide bonds. The average molecular weight is 746 g/mol. The Morgan fingerprint density at radius 2 is 0.679 bits per heavy atom. The van der Waals surface area contributed by atoms with Gasteiger partial charge in [-0.05, 0) is 139 Å². The van der Waals surface area contributed by atoms with Crippen LogP contribution in [0.15, 0.2) is 188 Å². The molecular formula is C53H31NS2. The number of pyridine rings is 1. The molecule has 260 valence electrons. The van der Waals surface area contributed by atoms with Gasteiger partial charge in [-0.25, -0.2) is 0 Å². The van der Waals surface area contributed by atoms with Gasteiger partial charge in [0.2, 0.25) is 0 Å². The van der Waals surface area contributed by atoms with Gasteiger partial charge in [0, 0.05) is 48.0 Å². The van der Waals surface area contributed by atoms with Crippen molar-refractivity contribution in [2.75, 3.05) is 0 Å². The predicted molar refractivity (Wildman–Crippen MR) is 242 cm³/mol. The van der Waals surface area contributed by atoms with Crippen molar-refractivity contribution in [3.05, 3.63) is 188 Å². The van der Waals surface area contributed by atoms with Crippen molar-refractivity contribution in [1.82, 2.24) is 4.98 Å². The van der Waals surface area contributed by atoms with Gasteiger partial charge in [-0.3, -0.25) is 4.98 Å². The van der Waals surface area contributed by atoms with Gasteiger partial charge in [-0.1, -0.05) is 115 Å². The van der Waals surface area contributed by atoms with Gasteiger partial charge in [-0.15, -0.1) is 22.7 Å². The maximum atomic E-state index is 4.41. The van der Waals surface area contributed by atoms with Crippen LogP contribution < -0.4 is 0 Å². The molecule has 0 N–H and O–H groups in total. The summed E-state index contributed by atoms with van der Waals surface area (Å²) < 4.78 is 5.14. The first-order chi connectivity index (χ1) is 27.7. The lowest BCUT2D eigenvalue weighted by Gasteiger charge is -2.23. The average Bonchev–Trinajstić information content (AvgIpc) is 3.83. The van der Waals surface area contributed by atoms with Gasteiger partial charge in [-0.2, -0.15) is 0 Å². The third kappa shape index (κ3) is 4.95. The molecule has 8 aromatic carbocycles. The lowest BCUT2D eigenvalue weighted by Crippen LogP contribution is -1.97. The Labute approximate surface area is 332 Å². The molecule has 1 nitrogen and oxygen atoms in total. The molecule has 1 aliphatic rings. The summed E-state index contributed by atoms with van der Waals surface area (Å²) in [4.78, 5) is 4.41. The third-order valence-corrected chi connectivity index (χ3v) is 13.8. The Balaban J connectivity index is 1.10. The highest BCUT2D eigenvalue weighted by Crippen LogP contribution is 2.49. The summed E-state index contributed by atoms with van der Waals surface area (Å²) in [5, 5.41) is 5.17. The molecule has 0 fully saturated rings. The number of benzene rings is 8. The van der Waals surface area contributed by atoms with Crippen molar-refractivity contribution in [3.8, 4) is 77.9 Å². The molecule has 1 aliphatic carbocycles. The molecule has 0 saturated heterocycles. The number of fused-ring (bicyclic) bond motifs is 14. The summed E-state index contributed by atoms with van der Waals surface area (Å²) in [7, 11) is 0. The van der Waals surface area contributed by atoms with E-state index < -0.39 is 0 Å². The van der Waals surface area contributed by atoms with Crippen molar-refractivity contribution in [1.29, 1.82) is 0 Å². The number of thiophene rings is 2. The molecule has 0 bridgehead atoms. The lowest BCUT2D eigenvalue weighted by molar-refractivity contribution is 1.37. The Bertz CT molecular complexity index is 3240. The van der Waals surface area contributed by atoms with Crippen LogP contribution in [0, 0.1) is 0 Å². The molecule has 3 heteroatoms. The molecule has 0 saturated carbocycles. The molecule has 3 heterocycles. The van der Waals surface area contributed by atoms with Gasteiger partial charge >= 0.3 is 0 Å². The first kappa shape index (κ1) is 31.7. The number of rotatable bonds is 3. The van der Waals surface area contributed by atoms with Crippen LogP contribution in [0.2, 0.25) is 0 Å². The standard InChI is InChI=1S/C53H31NS2/c1-2-10-39-38(9-1)40-11-3-4-13-42(40)44-20-17-32(28-47(44)43-14-6-5-12-41(39)43)35-25-36(33-18-21-51-48(29-33)45-15-7-8-16-50(45)55-51)27-37(26-35)34-19-22-52-49(30-34)46-23-24-54-31-53(46)56-52/h1-31H. The van der Waals surface area contributed by atoms with Crippen molar-refractivity contribution >= 4 is 63.0 Å². The molecule has 0 atom stereocenters. The number of nitrogens with zero attached hydrogens (tertiary/aromatic N) is 1. The molecule has 11 aromatic rings. The van der Waals surface area contributed by atoms with Gasteiger partial charge in [0.05, 0.1) is 4.70 Å². The lowest BCUT2D eigenvalue weighted by atomic mass is 9.80. The summed E-state index contributed by atoms with van der Waals surface area (Å²) >= 11 is 3.68. The zero-order valence-electron chi connectivity index (χ0n) is 30.2. The Morgan fingerprint density at radius 3 is 1.25 bits per heavy atom. The smallest absolute Gasteiger partial charge is 0.0538 e. The van der Waals surface area contributed by atoms with E-state index in [1.54, 1.807) is 0 Å². The summed E-state index contributed by atoms with van der Waals surface area (Å²) in [6, 6.07) is 65.8. The second kappa shape index (κ2) is 12.4. The van der Waals surface area contributed by atoms with Crippen molar-refractivity contribution in [2.45, 2.75) is 0 Å². The third-order valence-electron chi connectivity index (χ3n) is 11.5. The highest BCUT2D eigenvalue weighted by Gasteiger charge is 2.22. The molecule has 12 rings (SSSR count). The summed E-state index contributed by atoms with van der Waals surface area (Å²) in [6.07, 6.45) is 3.89. The SMILES string of the molecule is c1ccc2c(c1)-c1ccccc1-c1ccc(-c3cc(-c4ccc5sc6ccccc6c5c4)cc(-c4ccc5sc6cnccc6c5c4)c3)cc1-c1ccccc1-2. The molecular weight excluding hydrogens is 715 g/mol. The van der Waals surface area contributed by atoms with Gasteiger partial charge < -0.3 is 0 Å². The van der Waals surface area contributed by atoms with Crippen LogP contribution in [-0.2, 0) is 0 Å². The van der Waals surface area contributed by atoms with Crippen molar-refractivity contribution in [2.24, 2.45) is 0 Å². The second-order valence-electron chi connectivity index (χ2n) is 14.7. The van der Waals surface area contributed by atoms with E-state index in [1.165, 1.54) is 118 Å². The quantitative estimate of drug-likeness (QED) is 0.175. The number of aromatic nitrogens is 1. The Morgan fingerprint density at radius 1 is 0.268 bits per heavy atom. The van der Waals surface area contributed by atoms with E-state index in [-0.39, 0.29) is 0 Å². The molecule has 0 spiro atoms. The van der Waals surface area contributed by atoms with Crippen LogP contribution in [0.5, 0.6) is 0 Å². The first-order valence-corrected chi connectivity index (χ1v) is 20.6. The van der Waals surface area contributed by atoms with Crippen LogP contribution in [-0.4, -0.2) is 4.98 Å². The van der Waals surface area contributed by atoms with E-state index in [0.29, 0.717) is 0 Å². The largest absolute Gasteiger partial charge is 0.263 e. The van der Waals surface area contributed by atoms with Crippen LogP contribution >= 0.6 is 22.7 Å². The molecule has 0 unspecified atom stereocenters. The van der Waals surface area contributed by atoms with Crippen molar-refractivity contribution in [3.63, 3.8) is 0 Å². The fourth-order valence-electron chi connectivity index (χ4n) is 8.88. The molecule has 0 aliphatic heterocycles. The first-order valence-electron chi connectivity index (χ1n) is 19.0. The number of hydrogen-bond donors (Lipinski definition) is 0. The maximum absolute atomic E-state index is 4.41. The number of hydrogen-bond acceptors (Lipinski definition) is 3. The predicted octanol–water partition coefficient (Wildman–Crippen LogP) is 15.8. The van der Waals surface area contributed by atoms with Crippen molar-refractivity contribution < 1.29 is 0 Å². The van der Waals surface area contributed by atoms with Crippen LogP contribution in [0.25, 0.3) is 118 Å². The molecule has 56 heavy (non-hydrogen) atoms. The van der Waals surface area contributed by atoms with Gasteiger partial charge in [0.15, 0.2) is 0 Å². The highest BCUT2D eigenvalue weighted by molar-refractivity contribution is 7.26. The Hall–Kier alpha value is -6.65. The minimum absolute atomic E-state index is 1.20. The summed E-state index contributed by atoms with van der Waals surface area (Å²) in [5.41, 5.74) is 17.3. The topological polar surface area (TPSA) is 12.9 Å². The highest BCUT2D eigenvalue weighted by atomic mass is 32.1. The van der Waals surface area contributed by atoms with E-state index in [9.17, 15) is 0 Å². The van der Waals surface area contributed by atoms with Gasteiger partial charge in [0.25, 0.3) is 0 Å². The molecule has 0 radical (unpaired) electrons. The second-order valence-corrected chi connectivity index (χ2v) is 16.9. The summed E-state index contributed by atoms with van der Waals surface area (Å²) in [6.45, 7) is 0. The van der Waals surface area contributed by atoms with Crippen LogP contribution in [0.4, 0.5) is 0 Å². The fraction of sp³-hybridized carbons (Fsp3) is 0. The van der Waals surface area contributed by atoms with Gasteiger partial charge in [0.1, 0.15) is 0 Å². The zero-order chi connectivity index (χ0) is 36.7. The minimum Gasteiger partial charge on any atom is -0.263 e. The molecule has 3 aromatic heterocycles. The van der Waals surface area contributed by atoms with E-state index in [2.05, 4.69) is 181 Å².